The number of amides is 1. The van der Waals surface area contributed by atoms with Crippen LogP contribution in [-0.4, -0.2) is 39.3 Å². The number of rotatable bonds is 6. The van der Waals surface area contributed by atoms with E-state index in [1.165, 1.54) is 0 Å². The number of likely N-dealkylation sites (N-methyl/N-ethyl adjacent to an activating group) is 1. The van der Waals surface area contributed by atoms with Crippen molar-refractivity contribution in [1.82, 2.24) is 25.1 Å². The van der Waals surface area contributed by atoms with Crippen molar-refractivity contribution in [2.45, 2.75) is 13.5 Å². The molecule has 3 aromatic rings. The Bertz CT molecular complexity index is 875. The zero-order valence-corrected chi connectivity index (χ0v) is 14.1. The first-order valence-corrected chi connectivity index (χ1v) is 7.97. The van der Waals surface area contributed by atoms with Gasteiger partial charge in [-0.15, -0.1) is 0 Å². The topological polar surface area (TPSA) is 81.9 Å². The Morgan fingerprint density at radius 2 is 2.00 bits per heavy atom. The van der Waals surface area contributed by atoms with Crippen molar-refractivity contribution < 1.29 is 9.53 Å². The molecule has 3 rings (SSSR count). The summed E-state index contributed by atoms with van der Waals surface area (Å²) in [5, 5.41) is 7.23. The van der Waals surface area contributed by atoms with E-state index in [2.05, 4.69) is 20.4 Å². The van der Waals surface area contributed by atoms with E-state index in [-0.39, 0.29) is 12.5 Å². The minimum Gasteiger partial charge on any atom is -0.479 e. The summed E-state index contributed by atoms with van der Waals surface area (Å²) in [6.07, 6.45) is 5.01. The van der Waals surface area contributed by atoms with Gasteiger partial charge in [0.05, 0.1) is 12.8 Å². The Balaban J connectivity index is 1.87. The molecule has 7 heteroatoms. The average Bonchev–Trinajstić information content (AvgIpc) is 3.10. The number of nitrogens with one attached hydrogen (secondary N) is 1. The zero-order valence-electron chi connectivity index (χ0n) is 14.1. The molecule has 0 aliphatic carbocycles. The summed E-state index contributed by atoms with van der Waals surface area (Å²) in [7, 11) is 1.57. The van der Waals surface area contributed by atoms with E-state index in [1.807, 2.05) is 37.3 Å². The quantitative estimate of drug-likeness (QED) is 0.745. The van der Waals surface area contributed by atoms with E-state index >= 15 is 0 Å². The molecule has 0 fully saturated rings. The minimum absolute atomic E-state index is 0.0600. The first-order chi connectivity index (χ1) is 12.2. The lowest BCUT2D eigenvalue weighted by atomic mass is 10.1. The Labute approximate surface area is 145 Å². The number of carbonyl (C=O) groups excluding carboxylic acids is 1. The summed E-state index contributed by atoms with van der Waals surface area (Å²) in [5.41, 5.74) is 3.28. The van der Waals surface area contributed by atoms with Crippen LogP contribution in [0.15, 0.2) is 48.9 Å². The monoisotopic (exact) mass is 337 g/mol. The van der Waals surface area contributed by atoms with Gasteiger partial charge in [-0.1, -0.05) is 18.2 Å². The molecule has 1 N–H and O–H groups in total. The summed E-state index contributed by atoms with van der Waals surface area (Å²) in [6.45, 7) is 2.69. The molecule has 0 aliphatic rings. The molecule has 128 valence electrons. The fraction of sp³-hybridized carbons (Fsp3) is 0.222. The van der Waals surface area contributed by atoms with E-state index in [9.17, 15) is 4.79 Å². The standard InChI is InChI=1S/C18H19N5O2/c1-3-19-16(24)12-23-10-7-15(22-23)13-5-4-6-14(11-13)17-18(25-2)21-9-8-20-17/h4-11H,3,12H2,1-2H3,(H,19,24). The van der Waals surface area contributed by atoms with E-state index in [0.29, 0.717) is 18.1 Å². The smallest absolute Gasteiger partial charge is 0.241 e. The van der Waals surface area contributed by atoms with Crippen LogP contribution in [0.3, 0.4) is 0 Å². The second-order valence-electron chi connectivity index (χ2n) is 5.35. The summed E-state index contributed by atoms with van der Waals surface area (Å²) in [6, 6.07) is 9.70. The number of carbonyl (C=O) groups is 1. The van der Waals surface area contributed by atoms with Gasteiger partial charge in [-0.2, -0.15) is 5.10 Å². The van der Waals surface area contributed by atoms with Crippen LogP contribution >= 0.6 is 0 Å². The average molecular weight is 337 g/mol. The van der Waals surface area contributed by atoms with Crippen molar-refractivity contribution in [2.24, 2.45) is 0 Å². The molecule has 25 heavy (non-hydrogen) atoms. The van der Waals surface area contributed by atoms with E-state index in [0.717, 1.165) is 16.8 Å². The van der Waals surface area contributed by atoms with Crippen LogP contribution in [0.1, 0.15) is 6.92 Å². The fourth-order valence-corrected chi connectivity index (χ4v) is 2.50. The van der Waals surface area contributed by atoms with Gasteiger partial charge in [0.15, 0.2) is 0 Å². The lowest BCUT2D eigenvalue weighted by Gasteiger charge is -2.07. The molecule has 2 heterocycles. The highest BCUT2D eigenvalue weighted by Gasteiger charge is 2.11. The Morgan fingerprint density at radius 3 is 2.80 bits per heavy atom. The maximum Gasteiger partial charge on any atom is 0.241 e. The summed E-state index contributed by atoms with van der Waals surface area (Å²) < 4.78 is 6.90. The highest BCUT2D eigenvalue weighted by atomic mass is 16.5. The Morgan fingerprint density at radius 1 is 1.20 bits per heavy atom. The molecule has 2 aromatic heterocycles. The van der Waals surface area contributed by atoms with Gasteiger partial charge >= 0.3 is 0 Å². The summed E-state index contributed by atoms with van der Waals surface area (Å²) in [5.74, 6) is 0.414. The number of hydrogen-bond acceptors (Lipinski definition) is 5. The molecule has 1 aromatic carbocycles. The molecule has 1 amide bonds. The maximum atomic E-state index is 11.7. The zero-order chi connectivity index (χ0) is 17.6. The molecular formula is C18H19N5O2. The van der Waals surface area contributed by atoms with Gasteiger partial charge in [0.25, 0.3) is 0 Å². The molecule has 0 bridgehead atoms. The number of aromatic nitrogens is 4. The van der Waals surface area contributed by atoms with Crippen molar-refractivity contribution in [2.75, 3.05) is 13.7 Å². The third-order valence-corrected chi connectivity index (χ3v) is 3.61. The molecule has 7 nitrogen and oxygen atoms in total. The van der Waals surface area contributed by atoms with Crippen molar-refractivity contribution in [3.05, 3.63) is 48.9 Å². The van der Waals surface area contributed by atoms with E-state index < -0.39 is 0 Å². The van der Waals surface area contributed by atoms with Crippen molar-refractivity contribution in [3.8, 4) is 28.4 Å². The lowest BCUT2D eigenvalue weighted by Crippen LogP contribution is -2.27. The highest BCUT2D eigenvalue weighted by Crippen LogP contribution is 2.28. The first kappa shape index (κ1) is 16.6. The van der Waals surface area contributed by atoms with Crippen LogP contribution in [0.4, 0.5) is 0 Å². The molecule has 0 saturated heterocycles. The van der Waals surface area contributed by atoms with Crippen molar-refractivity contribution in [3.63, 3.8) is 0 Å². The van der Waals surface area contributed by atoms with Crippen LogP contribution in [0.25, 0.3) is 22.5 Å². The molecular weight excluding hydrogens is 318 g/mol. The van der Waals surface area contributed by atoms with Gasteiger partial charge in [0.1, 0.15) is 12.2 Å². The van der Waals surface area contributed by atoms with Crippen LogP contribution in [0.2, 0.25) is 0 Å². The molecule has 0 atom stereocenters. The number of nitrogens with zero attached hydrogens (tertiary/aromatic N) is 4. The predicted molar refractivity (Wildman–Crippen MR) is 93.9 cm³/mol. The van der Waals surface area contributed by atoms with Crippen LogP contribution in [-0.2, 0) is 11.3 Å². The predicted octanol–water partition coefficient (Wildman–Crippen LogP) is 2.15. The van der Waals surface area contributed by atoms with Gasteiger partial charge < -0.3 is 10.1 Å². The Kier molecular flexibility index (Phi) is 5.03. The van der Waals surface area contributed by atoms with E-state index in [4.69, 9.17) is 4.74 Å². The van der Waals surface area contributed by atoms with Gasteiger partial charge in [0.2, 0.25) is 11.8 Å². The van der Waals surface area contributed by atoms with Gasteiger partial charge in [-0.3, -0.25) is 9.48 Å². The third kappa shape index (κ3) is 3.82. The molecule has 0 radical (unpaired) electrons. The second kappa shape index (κ2) is 7.57. The van der Waals surface area contributed by atoms with E-state index in [1.54, 1.807) is 30.4 Å². The molecule has 0 saturated carbocycles. The maximum absolute atomic E-state index is 11.7. The van der Waals surface area contributed by atoms with Gasteiger partial charge in [-0.05, 0) is 19.1 Å². The summed E-state index contributed by atoms with van der Waals surface area (Å²) in [4.78, 5) is 20.2. The van der Waals surface area contributed by atoms with Gasteiger partial charge in [-0.25, -0.2) is 9.97 Å². The largest absolute Gasteiger partial charge is 0.479 e. The van der Waals surface area contributed by atoms with Crippen molar-refractivity contribution >= 4 is 5.91 Å². The normalized spacial score (nSPS) is 10.5. The third-order valence-electron chi connectivity index (χ3n) is 3.61. The van der Waals surface area contributed by atoms with Crippen LogP contribution in [0.5, 0.6) is 5.88 Å². The molecule has 0 unspecified atom stereocenters. The van der Waals surface area contributed by atoms with Crippen LogP contribution < -0.4 is 10.1 Å². The molecule has 0 aliphatic heterocycles. The van der Waals surface area contributed by atoms with Crippen molar-refractivity contribution in [1.29, 1.82) is 0 Å². The number of hydrogen-bond donors (Lipinski definition) is 1. The van der Waals surface area contributed by atoms with Gasteiger partial charge in [0, 0.05) is 36.3 Å². The fourth-order valence-electron chi connectivity index (χ4n) is 2.50. The summed E-state index contributed by atoms with van der Waals surface area (Å²) >= 11 is 0. The number of benzene rings is 1. The SMILES string of the molecule is CCNC(=O)Cn1ccc(-c2cccc(-c3nccnc3OC)c2)n1. The second-order valence-corrected chi connectivity index (χ2v) is 5.35. The highest BCUT2D eigenvalue weighted by molar-refractivity contribution is 5.76. The molecule has 0 spiro atoms. The number of methoxy groups -OCH3 is 1. The van der Waals surface area contributed by atoms with Crippen LogP contribution in [0, 0.1) is 0 Å². The Hall–Kier alpha value is -3.22. The lowest BCUT2D eigenvalue weighted by molar-refractivity contribution is -0.121. The first-order valence-electron chi connectivity index (χ1n) is 7.97. The number of ether oxygens (including phenoxy) is 1. The minimum atomic E-state index is -0.0600.